The van der Waals surface area contributed by atoms with E-state index in [-0.39, 0.29) is 0 Å². The Morgan fingerprint density at radius 1 is 0.607 bits per heavy atom. The number of nitrogens with zero attached hydrogens (tertiary/aromatic N) is 2. The Hall–Kier alpha value is -3.04. The van der Waals surface area contributed by atoms with Crippen LogP contribution in [-0.2, 0) is 0 Å². The number of benzene rings is 2. The van der Waals surface area contributed by atoms with E-state index in [1.165, 1.54) is 16.3 Å². The summed E-state index contributed by atoms with van der Waals surface area (Å²) in [6, 6.07) is 29.2. The monoisotopic (exact) mass is 380 g/mol. The average Bonchev–Trinajstić information content (AvgIpc) is 2.74. The largest absolute Gasteiger partial charge is 0.255 e. The lowest BCUT2D eigenvalue weighted by Crippen LogP contribution is -2.39. The molecule has 0 amide bonds. The molecule has 0 unspecified atom stereocenters. The molecule has 0 bridgehead atoms. The van der Waals surface area contributed by atoms with Gasteiger partial charge in [0.1, 0.15) is 0 Å². The van der Waals surface area contributed by atoms with Gasteiger partial charge in [0.2, 0.25) is 0 Å². The van der Waals surface area contributed by atoms with E-state index in [0.29, 0.717) is 0 Å². The second-order valence-electron chi connectivity index (χ2n) is 8.01. The van der Waals surface area contributed by atoms with Crippen molar-refractivity contribution >= 4 is 13.3 Å². The highest BCUT2D eigenvalue weighted by Crippen LogP contribution is 2.26. The molecule has 0 radical (unpaired) electrons. The molecule has 0 aliphatic carbocycles. The lowest BCUT2D eigenvalue weighted by atomic mass is 10.0. The third-order valence-corrected chi connectivity index (χ3v) is 6.89. The topological polar surface area (TPSA) is 25.8 Å². The summed E-state index contributed by atoms with van der Waals surface area (Å²) in [5, 5.41) is 1.38. The number of pyridine rings is 2. The zero-order chi connectivity index (χ0) is 19.6. The van der Waals surface area contributed by atoms with Gasteiger partial charge in [-0.05, 0) is 34.5 Å². The molecule has 0 atom stereocenters. The maximum absolute atomic E-state index is 4.89. The van der Waals surface area contributed by atoms with Crippen molar-refractivity contribution in [3.8, 4) is 33.8 Å². The highest BCUT2D eigenvalue weighted by Gasteiger charge is 2.22. The van der Waals surface area contributed by atoms with Gasteiger partial charge >= 0.3 is 0 Å². The van der Waals surface area contributed by atoms with Gasteiger partial charge in [-0.15, -0.1) is 0 Å². The first-order chi connectivity index (χ1) is 13.5. The van der Waals surface area contributed by atoms with Crippen molar-refractivity contribution < 1.29 is 0 Å². The van der Waals surface area contributed by atoms with Crippen LogP contribution in [0.3, 0.4) is 0 Å². The van der Waals surface area contributed by atoms with Crippen LogP contribution in [-0.4, -0.2) is 18.0 Å². The maximum atomic E-state index is 4.89. The smallest absolute Gasteiger partial charge is 0.0893 e. The third kappa shape index (κ3) is 3.80. The maximum Gasteiger partial charge on any atom is 0.0893 e. The zero-order valence-corrected chi connectivity index (χ0v) is 17.6. The van der Waals surface area contributed by atoms with Crippen LogP contribution in [0.1, 0.15) is 0 Å². The minimum Gasteiger partial charge on any atom is -0.255 e. The Bertz CT molecular complexity index is 1080. The van der Waals surface area contributed by atoms with Gasteiger partial charge in [-0.2, -0.15) is 0 Å². The van der Waals surface area contributed by atoms with Crippen LogP contribution in [0, 0.1) is 0 Å². The molecule has 2 heterocycles. The molecule has 0 fully saturated rings. The normalized spacial score (nSPS) is 11.4. The second kappa shape index (κ2) is 7.53. The minimum atomic E-state index is -1.53. The van der Waals surface area contributed by atoms with Crippen LogP contribution >= 0.6 is 0 Å². The summed E-state index contributed by atoms with van der Waals surface area (Å²) in [6.45, 7) is 7.10. The van der Waals surface area contributed by atoms with Crippen LogP contribution in [0.2, 0.25) is 19.6 Å². The molecule has 0 aliphatic rings. The summed E-state index contributed by atoms with van der Waals surface area (Å²) in [5.41, 5.74) is 6.42. The van der Waals surface area contributed by atoms with E-state index >= 15 is 0 Å². The number of aromatic nitrogens is 2. The molecule has 2 aromatic heterocycles. The van der Waals surface area contributed by atoms with Crippen LogP contribution in [0.15, 0.2) is 91.1 Å². The van der Waals surface area contributed by atoms with E-state index in [4.69, 9.17) is 9.97 Å². The molecule has 4 rings (SSSR count). The van der Waals surface area contributed by atoms with E-state index in [9.17, 15) is 0 Å². The molecule has 28 heavy (non-hydrogen) atoms. The molecule has 4 aromatic rings. The van der Waals surface area contributed by atoms with Crippen molar-refractivity contribution in [1.82, 2.24) is 9.97 Å². The molecule has 0 saturated heterocycles. The quantitative estimate of drug-likeness (QED) is 0.404. The Labute approximate surface area is 168 Å². The highest BCUT2D eigenvalue weighted by atomic mass is 28.3. The van der Waals surface area contributed by atoms with Crippen molar-refractivity contribution in [3.63, 3.8) is 0 Å². The van der Waals surface area contributed by atoms with E-state index in [1.54, 1.807) is 0 Å². The average molecular weight is 381 g/mol. The van der Waals surface area contributed by atoms with Crippen molar-refractivity contribution in [1.29, 1.82) is 0 Å². The van der Waals surface area contributed by atoms with Crippen LogP contribution in [0.5, 0.6) is 0 Å². The van der Waals surface area contributed by atoms with Gasteiger partial charge in [0.25, 0.3) is 0 Å². The summed E-state index contributed by atoms with van der Waals surface area (Å²) in [5.74, 6) is 0. The fraction of sp³-hybridized carbons (Fsp3) is 0.120. The molecular weight excluding hydrogens is 356 g/mol. The molecular formula is C25H24N2Si. The Balaban J connectivity index is 1.84. The molecule has 2 aromatic carbocycles. The summed E-state index contributed by atoms with van der Waals surface area (Å²) in [4.78, 5) is 9.70. The summed E-state index contributed by atoms with van der Waals surface area (Å²) in [6.07, 6.45) is 2.07. The number of hydrogen-bond acceptors (Lipinski definition) is 2. The molecule has 2 nitrogen and oxygen atoms in total. The number of hydrogen-bond donors (Lipinski definition) is 0. The van der Waals surface area contributed by atoms with Gasteiger partial charge in [-0.1, -0.05) is 86.4 Å². The first-order valence-corrected chi connectivity index (χ1v) is 13.1. The van der Waals surface area contributed by atoms with Crippen molar-refractivity contribution in [2.75, 3.05) is 0 Å². The highest BCUT2D eigenvalue weighted by molar-refractivity contribution is 6.89. The summed E-state index contributed by atoms with van der Waals surface area (Å²) in [7, 11) is -1.53. The van der Waals surface area contributed by atoms with Crippen LogP contribution in [0.4, 0.5) is 0 Å². The summed E-state index contributed by atoms with van der Waals surface area (Å²) < 4.78 is 0. The van der Waals surface area contributed by atoms with Crippen LogP contribution in [0.25, 0.3) is 33.8 Å². The third-order valence-electron chi connectivity index (χ3n) is 4.88. The lowest BCUT2D eigenvalue weighted by molar-refractivity contribution is 1.25. The molecule has 0 aliphatic heterocycles. The van der Waals surface area contributed by atoms with Gasteiger partial charge in [-0.25, -0.2) is 4.98 Å². The van der Waals surface area contributed by atoms with Gasteiger partial charge in [0.15, 0.2) is 0 Å². The van der Waals surface area contributed by atoms with E-state index in [0.717, 1.165) is 22.6 Å². The van der Waals surface area contributed by atoms with Gasteiger partial charge in [0, 0.05) is 11.8 Å². The predicted molar refractivity (Wildman–Crippen MR) is 121 cm³/mol. The predicted octanol–water partition coefficient (Wildman–Crippen LogP) is 6.02. The molecule has 0 spiro atoms. The minimum absolute atomic E-state index is 0.903. The fourth-order valence-electron chi connectivity index (χ4n) is 3.40. The van der Waals surface area contributed by atoms with Gasteiger partial charge in [0.05, 0.1) is 25.2 Å². The Morgan fingerprint density at radius 3 is 1.86 bits per heavy atom. The van der Waals surface area contributed by atoms with Crippen molar-refractivity contribution in [2.24, 2.45) is 0 Å². The van der Waals surface area contributed by atoms with Crippen LogP contribution < -0.4 is 5.19 Å². The molecule has 3 heteroatoms. The lowest BCUT2D eigenvalue weighted by Gasteiger charge is -2.21. The first-order valence-electron chi connectivity index (χ1n) is 9.61. The Kier molecular flexibility index (Phi) is 4.93. The second-order valence-corrected chi connectivity index (χ2v) is 13.0. The SMILES string of the molecule is C[Si](C)(C)c1cnc(-c2cccc(-c3ccccc3)n2)cc1-c1ccccc1. The van der Waals surface area contributed by atoms with E-state index in [2.05, 4.69) is 80.4 Å². The summed E-state index contributed by atoms with van der Waals surface area (Å²) >= 11 is 0. The van der Waals surface area contributed by atoms with Gasteiger partial charge < -0.3 is 0 Å². The Morgan fingerprint density at radius 2 is 1.21 bits per heavy atom. The standard InChI is InChI=1S/C25H24N2Si/c1-28(2,3)25-18-26-24(17-21(25)19-11-6-4-7-12-19)23-16-10-15-22(27-23)20-13-8-5-9-14-20/h4-18H,1-3H3. The van der Waals surface area contributed by atoms with Gasteiger partial charge in [-0.3, -0.25) is 4.98 Å². The molecule has 0 N–H and O–H groups in total. The first kappa shape index (κ1) is 18.3. The van der Waals surface area contributed by atoms with E-state index < -0.39 is 8.07 Å². The van der Waals surface area contributed by atoms with Crippen molar-refractivity contribution in [3.05, 3.63) is 91.1 Å². The fourth-order valence-corrected chi connectivity index (χ4v) is 4.87. The number of rotatable bonds is 4. The van der Waals surface area contributed by atoms with E-state index in [1.807, 2.05) is 30.3 Å². The molecule has 0 saturated carbocycles. The van der Waals surface area contributed by atoms with Crippen molar-refractivity contribution in [2.45, 2.75) is 19.6 Å². The molecule has 138 valence electrons. The zero-order valence-electron chi connectivity index (χ0n) is 16.6.